The van der Waals surface area contributed by atoms with Crippen LogP contribution in [0.3, 0.4) is 0 Å². The highest BCUT2D eigenvalue weighted by Crippen LogP contribution is 2.32. The Morgan fingerprint density at radius 1 is 1.56 bits per heavy atom. The summed E-state index contributed by atoms with van der Waals surface area (Å²) in [7, 11) is 0.817. The highest BCUT2D eigenvalue weighted by atomic mass is 79.9. The maximum atomic E-state index is 12.4. The highest BCUT2D eigenvalue weighted by Gasteiger charge is 2.24. The van der Waals surface area contributed by atoms with Crippen molar-refractivity contribution in [3.8, 4) is 6.07 Å². The van der Waals surface area contributed by atoms with Gasteiger partial charge in [-0.3, -0.25) is 0 Å². The molecule has 0 atom stereocenters. The second-order valence-electron chi connectivity index (χ2n) is 2.56. The van der Waals surface area contributed by atoms with Crippen LogP contribution >= 0.6 is 26.6 Å². The molecular weight excluding hydrogens is 330 g/mol. The fourth-order valence-electron chi connectivity index (χ4n) is 0.932. The topological polar surface area (TPSA) is 70.8 Å². The van der Waals surface area contributed by atoms with Gasteiger partial charge in [-0.15, -0.1) is 0 Å². The van der Waals surface area contributed by atoms with Crippen LogP contribution in [0.15, 0.2) is 15.7 Å². The maximum absolute atomic E-state index is 12.4. The summed E-state index contributed by atoms with van der Waals surface area (Å²) in [6.45, 7) is 0. The summed E-state index contributed by atoms with van der Waals surface area (Å²) in [5, 5.41) is 8.00. The van der Waals surface area contributed by atoms with Gasteiger partial charge in [-0.2, -0.15) is 5.26 Å². The summed E-state index contributed by atoms with van der Waals surface area (Å²) in [6.07, 6.45) is -2.31. The molecule has 1 rings (SSSR count). The van der Waals surface area contributed by atoms with Crippen molar-refractivity contribution in [2.45, 2.75) is 11.5 Å². The maximum Gasteiger partial charge on any atom is 0.279 e. The molecule has 0 saturated heterocycles. The fourth-order valence-corrected chi connectivity index (χ4v) is 3.12. The Morgan fingerprint density at radius 2 is 2.12 bits per heavy atom. The lowest BCUT2D eigenvalue weighted by Gasteiger charge is -2.06. The minimum atomic E-state index is -4.19. The third kappa shape index (κ3) is 2.48. The standard InChI is InChI=1S/C7H2BrClF2N2O2S/c8-5-3(1-12)4(6(10)11)2-13-7(5)16(9,14)15/h2,6H. The van der Waals surface area contributed by atoms with E-state index in [1.54, 1.807) is 0 Å². The van der Waals surface area contributed by atoms with Gasteiger partial charge in [0.25, 0.3) is 15.5 Å². The Hall–Kier alpha value is -0.780. The number of alkyl halides is 2. The van der Waals surface area contributed by atoms with E-state index in [1.165, 1.54) is 6.07 Å². The molecule has 0 aliphatic heterocycles. The van der Waals surface area contributed by atoms with Gasteiger partial charge in [0.1, 0.15) is 6.07 Å². The van der Waals surface area contributed by atoms with E-state index in [2.05, 4.69) is 20.9 Å². The lowest BCUT2D eigenvalue weighted by atomic mass is 10.2. The SMILES string of the molecule is N#Cc1c(C(F)F)cnc(S(=O)(=O)Cl)c1Br. The molecule has 0 spiro atoms. The molecule has 0 aliphatic carbocycles. The molecule has 1 aromatic heterocycles. The van der Waals surface area contributed by atoms with Crippen molar-refractivity contribution in [3.63, 3.8) is 0 Å². The molecule has 0 bridgehead atoms. The zero-order valence-corrected chi connectivity index (χ0v) is 10.4. The quantitative estimate of drug-likeness (QED) is 0.781. The molecule has 0 saturated carbocycles. The Morgan fingerprint density at radius 3 is 2.50 bits per heavy atom. The summed E-state index contributed by atoms with van der Waals surface area (Å²) in [4.78, 5) is 3.28. The summed E-state index contributed by atoms with van der Waals surface area (Å²) >= 11 is 2.71. The number of hydrogen-bond acceptors (Lipinski definition) is 4. The smallest absolute Gasteiger partial charge is 0.242 e. The van der Waals surface area contributed by atoms with Gasteiger partial charge in [-0.05, 0) is 15.9 Å². The van der Waals surface area contributed by atoms with Gasteiger partial charge in [0.2, 0.25) is 0 Å². The van der Waals surface area contributed by atoms with Gasteiger partial charge in [0.05, 0.1) is 15.6 Å². The summed E-state index contributed by atoms with van der Waals surface area (Å²) < 4.78 is 46.5. The Kier molecular flexibility index (Phi) is 3.83. The van der Waals surface area contributed by atoms with Gasteiger partial charge < -0.3 is 0 Å². The number of nitrogens with zero attached hydrogens (tertiary/aromatic N) is 2. The van der Waals surface area contributed by atoms with Gasteiger partial charge in [0.15, 0.2) is 5.03 Å². The first kappa shape index (κ1) is 13.3. The molecule has 1 heterocycles. The van der Waals surface area contributed by atoms with Crippen molar-refractivity contribution in [2.24, 2.45) is 0 Å². The minimum absolute atomic E-state index is 0.359. The van der Waals surface area contributed by atoms with Gasteiger partial charge in [-0.1, -0.05) is 0 Å². The predicted octanol–water partition coefficient (Wildman–Crippen LogP) is 2.58. The van der Waals surface area contributed by atoms with E-state index in [4.69, 9.17) is 15.9 Å². The van der Waals surface area contributed by atoms with Crippen LogP contribution in [0.2, 0.25) is 0 Å². The van der Waals surface area contributed by atoms with Crippen molar-refractivity contribution in [1.29, 1.82) is 5.26 Å². The minimum Gasteiger partial charge on any atom is -0.242 e. The van der Waals surface area contributed by atoms with Gasteiger partial charge >= 0.3 is 0 Å². The molecule has 0 aromatic carbocycles. The summed E-state index contributed by atoms with van der Waals surface area (Å²) in [5.74, 6) is 0. The fraction of sp³-hybridized carbons (Fsp3) is 0.143. The predicted molar refractivity (Wildman–Crippen MR) is 54.6 cm³/mol. The molecule has 9 heteroatoms. The van der Waals surface area contributed by atoms with E-state index in [0.717, 1.165) is 0 Å². The Bertz CT molecular complexity index is 570. The first-order valence-electron chi connectivity index (χ1n) is 3.60. The summed E-state index contributed by atoms with van der Waals surface area (Å²) in [6, 6.07) is 1.47. The molecule has 16 heavy (non-hydrogen) atoms. The Labute approximate surface area is 102 Å². The van der Waals surface area contributed by atoms with Crippen LogP contribution in [0, 0.1) is 11.3 Å². The van der Waals surface area contributed by atoms with Crippen LogP contribution in [0.25, 0.3) is 0 Å². The molecule has 0 N–H and O–H groups in total. The molecule has 0 amide bonds. The van der Waals surface area contributed by atoms with Crippen LogP contribution in [0.5, 0.6) is 0 Å². The molecule has 86 valence electrons. The first-order chi connectivity index (χ1) is 7.29. The first-order valence-corrected chi connectivity index (χ1v) is 6.70. The second-order valence-corrected chi connectivity index (χ2v) is 5.83. The number of rotatable bonds is 2. The number of halogens is 4. The average Bonchev–Trinajstić information content (AvgIpc) is 2.14. The van der Waals surface area contributed by atoms with Crippen LogP contribution < -0.4 is 0 Å². The zero-order chi connectivity index (χ0) is 12.5. The molecule has 0 unspecified atom stereocenters. The number of nitriles is 1. The third-order valence-corrected chi connectivity index (χ3v) is 3.84. The zero-order valence-electron chi connectivity index (χ0n) is 7.29. The van der Waals surface area contributed by atoms with Crippen molar-refractivity contribution in [2.75, 3.05) is 0 Å². The molecular formula is C7H2BrClF2N2O2S. The van der Waals surface area contributed by atoms with Crippen molar-refractivity contribution in [3.05, 3.63) is 21.8 Å². The van der Waals surface area contributed by atoms with E-state index in [9.17, 15) is 17.2 Å². The third-order valence-electron chi connectivity index (χ3n) is 1.59. The highest BCUT2D eigenvalue weighted by molar-refractivity contribution is 9.10. The van der Waals surface area contributed by atoms with E-state index in [-0.39, 0.29) is 4.47 Å². The number of hydrogen-bond donors (Lipinski definition) is 0. The second kappa shape index (κ2) is 4.61. The van der Waals surface area contributed by atoms with Crippen LogP contribution in [-0.2, 0) is 9.05 Å². The Balaban J connectivity index is 3.61. The lowest BCUT2D eigenvalue weighted by Crippen LogP contribution is -2.02. The van der Waals surface area contributed by atoms with Crippen molar-refractivity contribution in [1.82, 2.24) is 4.98 Å². The normalized spacial score (nSPS) is 11.5. The molecule has 0 aliphatic rings. The van der Waals surface area contributed by atoms with E-state index >= 15 is 0 Å². The van der Waals surface area contributed by atoms with Crippen LogP contribution in [0.1, 0.15) is 17.6 Å². The van der Waals surface area contributed by atoms with Gasteiger partial charge in [-0.25, -0.2) is 22.2 Å². The van der Waals surface area contributed by atoms with Crippen LogP contribution in [-0.4, -0.2) is 13.4 Å². The molecule has 0 radical (unpaired) electrons. The van der Waals surface area contributed by atoms with Crippen molar-refractivity contribution < 1.29 is 17.2 Å². The number of aromatic nitrogens is 1. The lowest BCUT2D eigenvalue weighted by molar-refractivity contribution is 0.150. The molecule has 0 fully saturated rings. The number of pyridine rings is 1. The largest absolute Gasteiger partial charge is 0.279 e. The van der Waals surface area contributed by atoms with Gasteiger partial charge in [0, 0.05) is 16.9 Å². The van der Waals surface area contributed by atoms with Crippen molar-refractivity contribution >= 4 is 35.7 Å². The molecule has 4 nitrogen and oxygen atoms in total. The summed E-state index contributed by atoms with van der Waals surface area (Å²) in [5.41, 5.74) is -1.15. The van der Waals surface area contributed by atoms with E-state index in [1.807, 2.05) is 0 Å². The van der Waals surface area contributed by atoms with E-state index < -0.39 is 31.6 Å². The van der Waals surface area contributed by atoms with Crippen LogP contribution in [0.4, 0.5) is 8.78 Å². The molecule has 1 aromatic rings. The van der Waals surface area contributed by atoms with E-state index in [0.29, 0.717) is 6.20 Å². The average molecular weight is 332 g/mol. The monoisotopic (exact) mass is 330 g/mol.